The number of benzene rings is 10. The fourth-order valence-corrected chi connectivity index (χ4v) is 29.4. The van der Waals surface area contributed by atoms with Crippen LogP contribution in [-0.4, -0.2) is 55.2 Å². The quantitative estimate of drug-likeness (QED) is 0.137. The van der Waals surface area contributed by atoms with Crippen molar-refractivity contribution in [2.24, 2.45) is 0 Å². The van der Waals surface area contributed by atoms with Gasteiger partial charge in [-0.1, -0.05) is 377 Å². The molecule has 0 unspecified atom stereocenters. The van der Waals surface area contributed by atoms with E-state index in [2.05, 4.69) is 317 Å². The third-order valence-electron chi connectivity index (χ3n) is 18.1. The van der Waals surface area contributed by atoms with Crippen LogP contribution in [0.25, 0.3) is 83.9 Å². The fourth-order valence-electron chi connectivity index (χ4n) is 16.8. The van der Waals surface area contributed by atoms with Gasteiger partial charge in [-0.3, -0.25) is 0 Å². The average molecular weight is 1490 g/mol. The van der Waals surface area contributed by atoms with Gasteiger partial charge in [-0.25, -0.2) is 0 Å². The Hall–Kier alpha value is -5.79. The minimum Gasteiger partial charge on any atom is -0.443 e. The molecular formula is C89H105B2BrO3P2Pd. The second kappa shape index (κ2) is 32.0. The first-order valence-electron chi connectivity index (χ1n) is 35.0. The Balaban J connectivity index is 0.000000171. The van der Waals surface area contributed by atoms with Crippen molar-refractivity contribution in [3.8, 4) is 22.3 Å². The molecule has 2 N–H and O–H groups in total. The van der Waals surface area contributed by atoms with Crippen LogP contribution in [0.15, 0.2) is 211 Å². The van der Waals surface area contributed by atoms with Crippen molar-refractivity contribution in [1.29, 1.82) is 0 Å². The van der Waals surface area contributed by atoms with Crippen molar-refractivity contribution in [3.63, 3.8) is 0 Å². The van der Waals surface area contributed by atoms with Gasteiger partial charge in [0.2, 0.25) is 0 Å². The Morgan fingerprint density at radius 1 is 0.316 bits per heavy atom. The van der Waals surface area contributed by atoms with Gasteiger partial charge in [0.25, 0.3) is 0 Å². The molecule has 0 saturated carbocycles. The van der Waals surface area contributed by atoms with Crippen molar-refractivity contribution < 1.29 is 35.0 Å². The molecular weight excluding hydrogens is 1390 g/mol. The number of allylic oxidation sites excluding steroid dienone is 3. The standard InChI is InChI=1S/C38H26.C13H9Br.C12H10B2O3.2C12H27P.C2H6.Pd/c1-3-11-31-25(9-1)17-19-27-21-29(23-37(27)31)33-13-5-7-15-35(33)36-16-8-6-14-34(36)30-22-28-20-18-26-10-2-4-12-32(26)38(28)24-30;14-11-7-10-6-5-9-3-1-2-4-12(9)13(10)8-11;15-13-11-7-3-1-5-9(11)10-6-2-4-8-12(10)14(16)17-13;2*1-10(2,3)13(11(4,5)6)12(7,8)9;1-2;/h1-20,23-24H,21-22H2;1-6,8H,7H2;1-8,15-16H;2*1-9H3;1-2H3;. The van der Waals surface area contributed by atoms with Crippen molar-refractivity contribution in [1.82, 2.24) is 0 Å². The number of halogens is 1. The number of hydrogen-bond donors (Lipinski definition) is 2. The third-order valence-corrected chi connectivity index (χ3v) is 26.7. The molecule has 10 aromatic rings. The molecule has 1 aliphatic heterocycles. The van der Waals surface area contributed by atoms with Gasteiger partial charge in [0.15, 0.2) is 0 Å². The largest absolute Gasteiger partial charge is 0.478 e. The predicted molar refractivity (Wildman–Crippen MR) is 439 cm³/mol. The zero-order valence-corrected chi connectivity index (χ0v) is 67.0. The molecule has 9 heteroatoms. The topological polar surface area (TPSA) is 49.7 Å². The molecule has 0 spiro atoms. The molecule has 0 saturated heterocycles. The summed E-state index contributed by atoms with van der Waals surface area (Å²) in [7, 11) is -2.17. The van der Waals surface area contributed by atoms with Crippen molar-refractivity contribution >= 4 is 119 Å². The Labute approximate surface area is 615 Å². The molecule has 3 nitrogen and oxygen atoms in total. The van der Waals surface area contributed by atoms with E-state index in [9.17, 15) is 10.0 Å². The Bertz CT molecular complexity index is 4220. The zero-order valence-electron chi connectivity index (χ0n) is 62.0. The number of rotatable bonds is 3. The fraction of sp³-hybridized carbons (Fsp3) is 0.326. The van der Waals surface area contributed by atoms with Crippen LogP contribution in [0.2, 0.25) is 0 Å². The minimum atomic E-state index is -1.10. The molecule has 4 aliphatic rings. The maximum absolute atomic E-state index is 9.90. The maximum Gasteiger partial charge on any atom is 0.478 e. The molecule has 0 fully saturated rings. The van der Waals surface area contributed by atoms with Crippen LogP contribution < -0.4 is 10.9 Å². The smallest absolute Gasteiger partial charge is 0.443 e. The SMILES string of the molecule is BrC1=Cc2c(ccc3ccccc23)C1.C1=C(c2ccccc2-c2ccccc2C2=Cc3c(ccc4ccccc34)C2)Cc2ccc3ccccc3c21.CC.CC(C)(C)P(C(C)(C)C)C(C)(C)C.CC(C)(C)P(C(C)(C)C)C(C)(C)C.OB1OB(O)c2ccccc2-c2ccccc21.[Pd]. The predicted octanol–water partition coefficient (Wildman–Crippen LogP) is 24.5. The van der Waals surface area contributed by atoms with Gasteiger partial charge >= 0.3 is 14.2 Å². The first-order chi connectivity index (χ1) is 45.7. The Kier molecular flexibility index (Phi) is 25.5. The number of fused-ring (bicyclic) bond motifs is 12. The summed E-state index contributed by atoms with van der Waals surface area (Å²) in [5, 5.41) is 30.5. The molecule has 0 amide bonds. The molecule has 0 bridgehead atoms. The van der Waals surface area contributed by atoms with E-state index in [0.29, 0.717) is 41.9 Å². The van der Waals surface area contributed by atoms with Gasteiger partial charge in [-0.15, -0.1) is 0 Å². The first kappa shape index (κ1) is 77.9. The van der Waals surface area contributed by atoms with Crippen molar-refractivity contribution in [2.75, 3.05) is 0 Å². The Morgan fingerprint density at radius 2 is 0.571 bits per heavy atom. The van der Waals surface area contributed by atoms with Crippen LogP contribution in [0.5, 0.6) is 0 Å². The van der Waals surface area contributed by atoms with E-state index in [4.69, 9.17) is 4.57 Å². The minimum absolute atomic E-state index is 0. The Morgan fingerprint density at radius 3 is 0.878 bits per heavy atom. The van der Waals surface area contributed by atoms with Gasteiger partial charge in [0.1, 0.15) is 0 Å². The van der Waals surface area contributed by atoms with Crippen LogP contribution >= 0.6 is 31.8 Å². The molecule has 10 aromatic carbocycles. The molecule has 0 atom stereocenters. The van der Waals surface area contributed by atoms with E-state index < -0.39 is 14.2 Å². The summed E-state index contributed by atoms with van der Waals surface area (Å²) in [4.78, 5) is 0. The molecule has 98 heavy (non-hydrogen) atoms. The second-order valence-corrected chi connectivity index (χ2v) is 42.3. The van der Waals surface area contributed by atoms with Gasteiger partial charge in [-0.2, -0.15) is 0 Å². The molecule has 0 aromatic heterocycles. The van der Waals surface area contributed by atoms with Crippen LogP contribution in [0.3, 0.4) is 0 Å². The van der Waals surface area contributed by atoms with Gasteiger partial charge in [0, 0.05) is 31.3 Å². The van der Waals surface area contributed by atoms with E-state index in [1.165, 1.54) is 104 Å². The normalized spacial score (nSPS) is 13.9. The van der Waals surface area contributed by atoms with Crippen LogP contribution in [0, 0.1) is 0 Å². The van der Waals surface area contributed by atoms with E-state index in [0.717, 1.165) is 30.4 Å². The van der Waals surface area contributed by atoms with E-state index in [-0.39, 0.29) is 36.3 Å². The summed E-state index contributed by atoms with van der Waals surface area (Å²) in [6, 6.07) is 72.4. The van der Waals surface area contributed by atoms with Crippen LogP contribution in [0.1, 0.15) is 183 Å². The summed E-state index contributed by atoms with van der Waals surface area (Å²) >= 11 is 3.57. The van der Waals surface area contributed by atoms with E-state index in [1.54, 1.807) is 12.1 Å². The van der Waals surface area contributed by atoms with Crippen molar-refractivity contribution in [3.05, 3.63) is 255 Å². The van der Waals surface area contributed by atoms with Gasteiger partial charge in [-0.05, 0) is 183 Å². The summed E-state index contributed by atoms with van der Waals surface area (Å²) in [6.07, 6.45) is 10.1. The summed E-state index contributed by atoms with van der Waals surface area (Å²) in [5.41, 5.74) is 19.6. The van der Waals surface area contributed by atoms with Crippen molar-refractivity contribution in [2.45, 2.75) is 189 Å². The molecule has 512 valence electrons. The van der Waals surface area contributed by atoms with Crippen LogP contribution in [-0.2, 0) is 44.3 Å². The third kappa shape index (κ3) is 18.3. The average Bonchev–Trinajstić information content (AvgIpc) is 1.49. The summed E-state index contributed by atoms with van der Waals surface area (Å²) in [5.74, 6) is 0. The molecule has 14 rings (SSSR count). The molecule has 1 heterocycles. The maximum atomic E-state index is 9.90. The summed E-state index contributed by atoms with van der Waals surface area (Å²) in [6.45, 7) is 46.9. The zero-order chi connectivity index (χ0) is 70.6. The monoisotopic (exact) mass is 1490 g/mol. The van der Waals surface area contributed by atoms with Gasteiger partial charge < -0.3 is 14.6 Å². The van der Waals surface area contributed by atoms with E-state index in [1.807, 2.05) is 50.2 Å². The van der Waals surface area contributed by atoms with Gasteiger partial charge in [0.05, 0.1) is 0 Å². The second-order valence-electron chi connectivity index (χ2n) is 31.8. The molecule has 3 aliphatic carbocycles. The van der Waals surface area contributed by atoms with Crippen LogP contribution in [0.4, 0.5) is 0 Å². The molecule has 0 radical (unpaired) electrons. The number of hydrogen-bond acceptors (Lipinski definition) is 3. The summed E-state index contributed by atoms with van der Waals surface area (Å²) < 4.78 is 6.46. The first-order valence-corrected chi connectivity index (χ1v) is 38.4. The van der Waals surface area contributed by atoms with E-state index >= 15 is 0 Å².